The monoisotopic (exact) mass is 835 g/mol. The highest BCUT2D eigenvalue weighted by molar-refractivity contribution is 5.96. The van der Waals surface area contributed by atoms with E-state index in [2.05, 4.69) is 36.9 Å². The summed E-state index contributed by atoms with van der Waals surface area (Å²) in [6.07, 6.45) is 3.44. The second kappa shape index (κ2) is 20.6. The van der Waals surface area contributed by atoms with Crippen LogP contribution in [0.5, 0.6) is 0 Å². The van der Waals surface area contributed by atoms with E-state index >= 15 is 0 Å². The van der Waals surface area contributed by atoms with E-state index in [1.54, 1.807) is 20.0 Å². The molecule has 15 nitrogen and oxygen atoms in total. The first-order chi connectivity index (χ1) is 29.0. The zero-order valence-electron chi connectivity index (χ0n) is 35.5. The zero-order valence-corrected chi connectivity index (χ0v) is 35.5. The highest BCUT2D eigenvalue weighted by Gasteiger charge is 2.37. The fraction of sp³-hybridized carbons (Fsp3) is 0.413. The van der Waals surface area contributed by atoms with E-state index in [-0.39, 0.29) is 18.8 Å². The number of aryl methyl sites for hydroxylation is 2. The highest BCUT2D eigenvalue weighted by Crippen LogP contribution is 2.37. The molecular weight excluding hydrogens is 779 g/mol. The molecule has 0 aliphatic heterocycles. The van der Waals surface area contributed by atoms with Gasteiger partial charge in [-0.2, -0.15) is 0 Å². The van der Waals surface area contributed by atoms with Crippen LogP contribution in [0.15, 0.2) is 79.0 Å². The quantitative estimate of drug-likeness (QED) is 0.0742. The number of aromatic amines is 1. The maximum atomic E-state index is 14.3. The number of nitrogens with one attached hydrogen (secondary N) is 7. The molecule has 0 radical (unpaired) electrons. The van der Waals surface area contributed by atoms with E-state index in [1.807, 2.05) is 86.6 Å². The van der Waals surface area contributed by atoms with Gasteiger partial charge in [-0.05, 0) is 71.9 Å². The molecule has 1 aliphatic rings. The lowest BCUT2D eigenvalue weighted by Gasteiger charge is -2.31. The summed E-state index contributed by atoms with van der Waals surface area (Å²) < 4.78 is 0. The molecule has 0 bridgehead atoms. The first-order valence-electron chi connectivity index (χ1n) is 20.7. The van der Waals surface area contributed by atoms with Crippen LogP contribution in [0.3, 0.4) is 0 Å². The van der Waals surface area contributed by atoms with Gasteiger partial charge in [0.15, 0.2) is 0 Å². The molecule has 5 atom stereocenters. The van der Waals surface area contributed by atoms with Crippen LogP contribution in [0.25, 0.3) is 10.9 Å². The molecule has 1 heterocycles. The summed E-state index contributed by atoms with van der Waals surface area (Å²) in [5.74, 6) is -5.97. The Balaban J connectivity index is 1.20. The molecule has 0 fully saturated rings. The minimum Gasteiger partial charge on any atom is -0.480 e. The number of amides is 6. The highest BCUT2D eigenvalue weighted by atomic mass is 16.4. The summed E-state index contributed by atoms with van der Waals surface area (Å²) >= 11 is 0. The number of hydrogen-bond donors (Lipinski definition) is 8. The molecule has 0 unspecified atom stereocenters. The lowest BCUT2D eigenvalue weighted by atomic mass is 9.82. The number of benzene rings is 3. The minimum atomic E-state index is -1.28. The summed E-state index contributed by atoms with van der Waals surface area (Å²) in [4.78, 5) is 95.5. The van der Waals surface area contributed by atoms with Gasteiger partial charge in [0.05, 0.1) is 6.54 Å². The maximum Gasteiger partial charge on any atom is 0.326 e. The molecular formula is C46H57N7O8. The summed E-state index contributed by atoms with van der Waals surface area (Å²) in [6.45, 7) is 9.39. The van der Waals surface area contributed by atoms with E-state index in [4.69, 9.17) is 0 Å². The number of para-hydroxylation sites is 1. The van der Waals surface area contributed by atoms with Gasteiger partial charge in [0.1, 0.15) is 30.2 Å². The number of fused-ring (bicyclic) bond motifs is 3. The molecule has 324 valence electrons. The standard InChI is InChI=1S/C46H57N7O8/c1-25(2)21-36(51-45(59)41(50-28(6)54)39-33-16-9-7-13-29(33)19-20-30-14-8-10-17-34(30)39)43(57)48-24-38(55)49-27(5)42(56)53-40(26(3)4)44(58)52-37(46(60)61)22-31-23-47-35-18-12-11-15-32(31)35/h7-18,23,25-27,36-37,39-41,47H,19-22,24H2,1-6H3,(H,48,57)(H,49,55)(H,50,54)(H,51,59)(H,52,58)(H,53,56)(H,60,61)/t27-,36-,37-,40-,41+/m0/s1. The molecule has 1 aliphatic carbocycles. The van der Waals surface area contributed by atoms with Crippen molar-refractivity contribution in [3.8, 4) is 0 Å². The van der Waals surface area contributed by atoms with E-state index in [0.29, 0.717) is 5.56 Å². The van der Waals surface area contributed by atoms with E-state index in [0.717, 1.165) is 46.0 Å². The smallest absolute Gasteiger partial charge is 0.326 e. The third-order valence-corrected chi connectivity index (χ3v) is 10.9. The fourth-order valence-electron chi connectivity index (χ4n) is 7.85. The van der Waals surface area contributed by atoms with Crippen molar-refractivity contribution in [1.29, 1.82) is 0 Å². The van der Waals surface area contributed by atoms with Crippen LogP contribution >= 0.6 is 0 Å². The number of rotatable bonds is 18. The Morgan fingerprint density at radius 1 is 0.689 bits per heavy atom. The first kappa shape index (κ1) is 45.6. The second-order valence-electron chi connectivity index (χ2n) is 16.4. The third-order valence-electron chi connectivity index (χ3n) is 10.9. The SMILES string of the molecule is CC(=O)N[C@@H](C(=O)N[C@@H](CC(C)C)C(=O)NCC(=O)N[C@@H](C)C(=O)N[C@H](C(=O)N[C@@H](Cc1c[nH]c2ccccc12)C(=O)O)C(C)C)C1c2ccccc2CCc2ccccc21. The van der Waals surface area contributed by atoms with Crippen molar-refractivity contribution in [3.63, 3.8) is 0 Å². The van der Waals surface area contributed by atoms with Gasteiger partial charge in [-0.25, -0.2) is 4.79 Å². The Morgan fingerprint density at radius 3 is 1.87 bits per heavy atom. The molecule has 15 heteroatoms. The Hall–Kier alpha value is -6.51. The van der Waals surface area contributed by atoms with E-state index < -0.39 is 90.0 Å². The van der Waals surface area contributed by atoms with Gasteiger partial charge in [0.25, 0.3) is 0 Å². The second-order valence-corrected chi connectivity index (χ2v) is 16.4. The maximum absolute atomic E-state index is 14.3. The molecule has 3 aromatic carbocycles. The summed E-state index contributed by atoms with van der Waals surface area (Å²) in [6, 6.07) is 17.4. The molecule has 8 N–H and O–H groups in total. The van der Waals surface area contributed by atoms with Crippen molar-refractivity contribution in [1.82, 2.24) is 36.9 Å². The average molecular weight is 836 g/mol. The number of carbonyl (C=O) groups is 7. The van der Waals surface area contributed by atoms with Crippen LogP contribution in [0.2, 0.25) is 0 Å². The molecule has 6 amide bonds. The summed E-state index contributed by atoms with van der Waals surface area (Å²) in [7, 11) is 0. The van der Waals surface area contributed by atoms with Crippen molar-refractivity contribution in [2.45, 2.75) is 103 Å². The van der Waals surface area contributed by atoms with Crippen LogP contribution in [0, 0.1) is 11.8 Å². The fourth-order valence-corrected chi connectivity index (χ4v) is 7.85. The Morgan fingerprint density at radius 2 is 1.28 bits per heavy atom. The lowest BCUT2D eigenvalue weighted by molar-refractivity contribution is -0.142. The molecule has 4 aromatic rings. The van der Waals surface area contributed by atoms with Gasteiger partial charge in [0.2, 0.25) is 35.4 Å². The molecule has 61 heavy (non-hydrogen) atoms. The number of carboxylic acid groups (broad SMARTS) is 1. The van der Waals surface area contributed by atoms with Gasteiger partial charge in [-0.1, -0.05) is 94.4 Å². The molecule has 0 saturated heterocycles. The van der Waals surface area contributed by atoms with Gasteiger partial charge >= 0.3 is 5.97 Å². The number of hydrogen-bond acceptors (Lipinski definition) is 7. The third kappa shape index (κ3) is 11.8. The van der Waals surface area contributed by atoms with Crippen LogP contribution in [-0.4, -0.2) is 88.3 Å². The molecule has 0 saturated carbocycles. The van der Waals surface area contributed by atoms with Crippen molar-refractivity contribution in [3.05, 3.63) is 107 Å². The number of carbonyl (C=O) groups excluding carboxylic acids is 6. The molecule has 1 aromatic heterocycles. The number of aliphatic carboxylic acids is 1. The van der Waals surface area contributed by atoms with Crippen molar-refractivity contribution < 1.29 is 38.7 Å². The van der Waals surface area contributed by atoms with Gasteiger partial charge in [0, 0.05) is 36.4 Å². The minimum absolute atomic E-state index is 0.00317. The van der Waals surface area contributed by atoms with Crippen LogP contribution < -0.4 is 31.9 Å². The number of carboxylic acids is 1. The van der Waals surface area contributed by atoms with Crippen LogP contribution in [0.4, 0.5) is 0 Å². The zero-order chi connectivity index (χ0) is 44.4. The Kier molecular flexibility index (Phi) is 15.4. The predicted octanol–water partition coefficient (Wildman–Crippen LogP) is 3.01. The summed E-state index contributed by atoms with van der Waals surface area (Å²) in [5, 5.41) is 26.8. The summed E-state index contributed by atoms with van der Waals surface area (Å²) in [5.41, 5.74) is 5.47. The number of H-pyrrole nitrogens is 1. The van der Waals surface area contributed by atoms with Gasteiger partial charge in [-0.3, -0.25) is 28.8 Å². The average Bonchev–Trinajstić information content (AvgIpc) is 3.54. The van der Waals surface area contributed by atoms with E-state index in [1.165, 1.54) is 13.8 Å². The van der Waals surface area contributed by atoms with Crippen LogP contribution in [0.1, 0.15) is 81.7 Å². The topological polar surface area (TPSA) is 228 Å². The largest absolute Gasteiger partial charge is 0.480 e. The van der Waals surface area contributed by atoms with Crippen molar-refractivity contribution in [2.24, 2.45) is 11.8 Å². The van der Waals surface area contributed by atoms with Gasteiger partial charge in [-0.15, -0.1) is 0 Å². The molecule has 0 spiro atoms. The number of aromatic nitrogens is 1. The normalized spacial score (nSPS) is 14.9. The predicted molar refractivity (Wildman–Crippen MR) is 230 cm³/mol. The van der Waals surface area contributed by atoms with Crippen molar-refractivity contribution >= 4 is 52.3 Å². The first-order valence-corrected chi connectivity index (χ1v) is 20.7. The van der Waals surface area contributed by atoms with Gasteiger partial charge < -0.3 is 42.0 Å². The Labute approximate surface area is 355 Å². The van der Waals surface area contributed by atoms with Crippen molar-refractivity contribution in [2.75, 3.05) is 6.54 Å². The Bertz CT molecular complexity index is 2200. The van der Waals surface area contributed by atoms with E-state index in [9.17, 15) is 38.7 Å². The van der Waals surface area contributed by atoms with Crippen LogP contribution in [-0.2, 0) is 52.8 Å². The molecule has 5 rings (SSSR count). The lowest BCUT2D eigenvalue weighted by Crippen LogP contribution is -2.58.